The molecule has 0 saturated carbocycles. The molecule has 1 unspecified atom stereocenters. The lowest BCUT2D eigenvalue weighted by Crippen LogP contribution is -2.30. The molecule has 0 aliphatic carbocycles. The summed E-state index contributed by atoms with van der Waals surface area (Å²) in [5.74, 6) is 0.811. The Labute approximate surface area is 136 Å². The van der Waals surface area contributed by atoms with Gasteiger partial charge in [-0.2, -0.15) is 0 Å². The fourth-order valence-corrected chi connectivity index (χ4v) is 3.22. The number of rotatable bonds is 4. The Balaban J connectivity index is 1.98. The zero-order valence-corrected chi connectivity index (χ0v) is 14.2. The highest BCUT2D eigenvalue weighted by molar-refractivity contribution is 6.06. The van der Waals surface area contributed by atoms with Gasteiger partial charge in [-0.05, 0) is 44.8 Å². The molecule has 6 nitrogen and oxygen atoms in total. The summed E-state index contributed by atoms with van der Waals surface area (Å²) in [6.07, 6.45) is 1.04. The molecule has 2 aromatic heterocycles. The molecule has 0 aromatic carbocycles. The minimum atomic E-state index is 0.0594. The molecular formula is C17H24N4O2. The standard InChI is InChI=1S/C17H24N4O2/c1-10(2)14-7-13(15-11(3)20-23-16(15)19-14)17(22)21-6-5-12(9-21)8-18-4/h7,10,12,18H,5-6,8-9H2,1-4H3. The van der Waals surface area contributed by atoms with Crippen LogP contribution in [0.1, 0.15) is 47.9 Å². The smallest absolute Gasteiger partial charge is 0.259 e. The first kappa shape index (κ1) is 15.9. The molecule has 23 heavy (non-hydrogen) atoms. The summed E-state index contributed by atoms with van der Waals surface area (Å²) < 4.78 is 5.31. The monoisotopic (exact) mass is 316 g/mol. The van der Waals surface area contributed by atoms with Crippen LogP contribution in [0.2, 0.25) is 0 Å². The molecule has 124 valence electrons. The van der Waals surface area contributed by atoms with Crippen molar-refractivity contribution in [2.75, 3.05) is 26.7 Å². The van der Waals surface area contributed by atoms with Crippen LogP contribution in [-0.2, 0) is 0 Å². The zero-order chi connectivity index (χ0) is 16.6. The van der Waals surface area contributed by atoms with Crippen molar-refractivity contribution in [3.63, 3.8) is 0 Å². The number of likely N-dealkylation sites (tertiary alicyclic amines) is 1. The highest BCUT2D eigenvalue weighted by Crippen LogP contribution is 2.27. The SMILES string of the molecule is CNCC1CCN(C(=O)c2cc(C(C)C)nc3onc(C)c23)C1. The maximum atomic E-state index is 13.0. The van der Waals surface area contributed by atoms with Crippen LogP contribution in [0.15, 0.2) is 10.6 Å². The van der Waals surface area contributed by atoms with E-state index in [4.69, 9.17) is 4.52 Å². The Hall–Kier alpha value is -1.95. The van der Waals surface area contributed by atoms with Crippen LogP contribution in [0.3, 0.4) is 0 Å². The number of nitrogens with zero attached hydrogens (tertiary/aromatic N) is 3. The first-order valence-electron chi connectivity index (χ1n) is 8.22. The highest BCUT2D eigenvalue weighted by Gasteiger charge is 2.29. The lowest BCUT2D eigenvalue weighted by molar-refractivity contribution is 0.0789. The molecule has 3 heterocycles. The Morgan fingerprint density at radius 2 is 2.30 bits per heavy atom. The minimum Gasteiger partial charge on any atom is -0.338 e. The second-order valence-corrected chi connectivity index (χ2v) is 6.66. The summed E-state index contributed by atoms with van der Waals surface area (Å²) in [4.78, 5) is 19.5. The summed E-state index contributed by atoms with van der Waals surface area (Å²) in [7, 11) is 1.95. The number of carbonyl (C=O) groups excluding carboxylic acids is 1. The second kappa shape index (κ2) is 6.28. The number of aryl methyl sites for hydroxylation is 1. The number of amides is 1. The van der Waals surface area contributed by atoms with Crippen LogP contribution in [0.4, 0.5) is 0 Å². The Kier molecular flexibility index (Phi) is 4.35. The van der Waals surface area contributed by atoms with Gasteiger partial charge < -0.3 is 14.7 Å². The van der Waals surface area contributed by atoms with E-state index in [1.165, 1.54) is 0 Å². The van der Waals surface area contributed by atoms with Crippen molar-refractivity contribution in [3.05, 3.63) is 23.0 Å². The van der Waals surface area contributed by atoms with Gasteiger partial charge in [0.25, 0.3) is 11.6 Å². The highest BCUT2D eigenvalue weighted by atomic mass is 16.5. The predicted molar refractivity (Wildman–Crippen MR) is 88.6 cm³/mol. The van der Waals surface area contributed by atoms with Crippen LogP contribution >= 0.6 is 0 Å². The number of aromatic nitrogens is 2. The molecule has 0 radical (unpaired) electrons. The van der Waals surface area contributed by atoms with Gasteiger partial charge in [-0.25, -0.2) is 4.98 Å². The number of hydrogen-bond acceptors (Lipinski definition) is 5. The van der Waals surface area contributed by atoms with Crippen molar-refractivity contribution >= 4 is 17.0 Å². The molecule has 1 atom stereocenters. The van der Waals surface area contributed by atoms with E-state index in [0.717, 1.165) is 42.8 Å². The molecule has 0 bridgehead atoms. The average molecular weight is 316 g/mol. The van der Waals surface area contributed by atoms with E-state index in [1.54, 1.807) is 0 Å². The molecule has 1 N–H and O–H groups in total. The number of hydrogen-bond donors (Lipinski definition) is 1. The molecule has 1 saturated heterocycles. The molecule has 0 spiro atoms. The molecular weight excluding hydrogens is 292 g/mol. The van der Waals surface area contributed by atoms with Crippen molar-refractivity contribution in [2.45, 2.75) is 33.1 Å². The van der Waals surface area contributed by atoms with Gasteiger partial charge in [0.1, 0.15) is 0 Å². The summed E-state index contributed by atoms with van der Waals surface area (Å²) in [6, 6.07) is 1.91. The summed E-state index contributed by atoms with van der Waals surface area (Å²) >= 11 is 0. The Morgan fingerprint density at radius 3 is 3.00 bits per heavy atom. The van der Waals surface area contributed by atoms with Crippen LogP contribution in [-0.4, -0.2) is 47.6 Å². The number of nitrogens with one attached hydrogen (secondary N) is 1. The third-order valence-corrected chi connectivity index (χ3v) is 4.52. The summed E-state index contributed by atoms with van der Waals surface area (Å²) in [5.41, 5.74) is 2.71. The fraction of sp³-hybridized carbons (Fsp3) is 0.588. The lowest BCUT2D eigenvalue weighted by Gasteiger charge is -2.18. The van der Waals surface area contributed by atoms with E-state index >= 15 is 0 Å². The maximum absolute atomic E-state index is 13.0. The van der Waals surface area contributed by atoms with E-state index in [-0.39, 0.29) is 11.8 Å². The maximum Gasteiger partial charge on any atom is 0.259 e. The summed E-state index contributed by atoms with van der Waals surface area (Å²) in [6.45, 7) is 8.52. The van der Waals surface area contributed by atoms with Gasteiger partial charge >= 0.3 is 0 Å². The number of carbonyl (C=O) groups is 1. The van der Waals surface area contributed by atoms with Crippen molar-refractivity contribution in [1.29, 1.82) is 0 Å². The molecule has 1 amide bonds. The third kappa shape index (κ3) is 2.95. The van der Waals surface area contributed by atoms with E-state index in [1.807, 2.05) is 24.9 Å². The van der Waals surface area contributed by atoms with E-state index in [9.17, 15) is 4.79 Å². The van der Waals surface area contributed by atoms with Crippen molar-refractivity contribution in [3.8, 4) is 0 Å². The molecule has 3 rings (SSSR count). The van der Waals surface area contributed by atoms with E-state index in [0.29, 0.717) is 17.2 Å². The van der Waals surface area contributed by atoms with Crippen molar-refractivity contribution in [1.82, 2.24) is 20.4 Å². The van der Waals surface area contributed by atoms with Gasteiger partial charge in [-0.3, -0.25) is 4.79 Å². The predicted octanol–water partition coefficient (Wildman–Crippen LogP) is 2.34. The third-order valence-electron chi connectivity index (χ3n) is 4.52. The van der Waals surface area contributed by atoms with E-state index in [2.05, 4.69) is 29.3 Å². The average Bonchev–Trinajstić information content (AvgIpc) is 3.13. The van der Waals surface area contributed by atoms with Crippen molar-refractivity contribution in [2.24, 2.45) is 5.92 Å². The largest absolute Gasteiger partial charge is 0.338 e. The van der Waals surface area contributed by atoms with Gasteiger partial charge in [0, 0.05) is 18.8 Å². The fourth-order valence-electron chi connectivity index (χ4n) is 3.22. The molecule has 6 heteroatoms. The van der Waals surface area contributed by atoms with Crippen LogP contribution in [0, 0.1) is 12.8 Å². The van der Waals surface area contributed by atoms with Gasteiger partial charge in [0.2, 0.25) is 0 Å². The topological polar surface area (TPSA) is 71.3 Å². The van der Waals surface area contributed by atoms with Crippen LogP contribution in [0.5, 0.6) is 0 Å². The first-order valence-corrected chi connectivity index (χ1v) is 8.22. The molecule has 1 aliphatic rings. The first-order chi connectivity index (χ1) is 11.0. The van der Waals surface area contributed by atoms with Gasteiger partial charge in [-0.1, -0.05) is 19.0 Å². The van der Waals surface area contributed by atoms with Crippen LogP contribution in [0.25, 0.3) is 11.1 Å². The quantitative estimate of drug-likeness (QED) is 0.937. The zero-order valence-electron chi connectivity index (χ0n) is 14.2. The molecule has 2 aromatic rings. The minimum absolute atomic E-state index is 0.0594. The normalized spacial score (nSPS) is 18.3. The lowest BCUT2D eigenvalue weighted by atomic mass is 10.0. The Bertz CT molecular complexity index is 723. The van der Waals surface area contributed by atoms with E-state index < -0.39 is 0 Å². The second-order valence-electron chi connectivity index (χ2n) is 6.66. The Morgan fingerprint density at radius 1 is 1.52 bits per heavy atom. The summed E-state index contributed by atoms with van der Waals surface area (Å²) in [5, 5.41) is 7.93. The van der Waals surface area contributed by atoms with Gasteiger partial charge in [0.15, 0.2) is 0 Å². The number of pyridine rings is 1. The molecule has 1 fully saturated rings. The molecule has 1 aliphatic heterocycles. The van der Waals surface area contributed by atoms with Crippen LogP contribution < -0.4 is 5.32 Å². The van der Waals surface area contributed by atoms with Crippen molar-refractivity contribution < 1.29 is 9.32 Å². The number of fused-ring (bicyclic) bond motifs is 1. The van der Waals surface area contributed by atoms with Gasteiger partial charge in [0.05, 0.1) is 16.6 Å². The van der Waals surface area contributed by atoms with Gasteiger partial charge in [-0.15, -0.1) is 0 Å².